The maximum absolute atomic E-state index is 13.4. The van der Waals surface area contributed by atoms with E-state index < -0.39 is 10.0 Å². The molecule has 4 rings (SSSR count). The topological polar surface area (TPSA) is 70.2 Å². The van der Waals surface area contributed by atoms with Crippen molar-refractivity contribution in [1.29, 1.82) is 0 Å². The Morgan fingerprint density at radius 2 is 1.58 bits per heavy atom. The molecule has 3 aliphatic rings. The second-order valence-corrected chi connectivity index (χ2v) is 13.0. The normalized spacial score (nSPS) is 23.2. The van der Waals surface area contributed by atoms with Gasteiger partial charge < -0.3 is 14.5 Å². The lowest BCUT2D eigenvalue weighted by Crippen LogP contribution is -2.47. The zero-order valence-corrected chi connectivity index (χ0v) is 23.4. The molecule has 1 aromatic carbocycles. The summed E-state index contributed by atoms with van der Waals surface area (Å²) in [6.07, 6.45) is 9.69. The van der Waals surface area contributed by atoms with Crippen molar-refractivity contribution in [2.24, 2.45) is 5.92 Å². The van der Waals surface area contributed by atoms with Crippen molar-refractivity contribution in [3.63, 3.8) is 0 Å². The molecule has 3 heterocycles. The highest BCUT2D eigenvalue weighted by Crippen LogP contribution is 2.34. The summed E-state index contributed by atoms with van der Waals surface area (Å²) in [6, 6.07) is 4.35. The lowest BCUT2D eigenvalue weighted by molar-refractivity contribution is -0.138. The molecule has 7 nitrogen and oxygen atoms in total. The van der Waals surface area contributed by atoms with Crippen molar-refractivity contribution in [2.45, 2.75) is 68.7 Å². The molecule has 202 valence electrons. The van der Waals surface area contributed by atoms with Crippen molar-refractivity contribution in [3.05, 3.63) is 28.2 Å². The van der Waals surface area contributed by atoms with Crippen LogP contribution in [0, 0.1) is 5.92 Å². The summed E-state index contributed by atoms with van der Waals surface area (Å²) in [6.45, 7) is 5.76. The zero-order valence-electron chi connectivity index (χ0n) is 21.0. The lowest BCUT2D eigenvalue weighted by Gasteiger charge is -2.35. The molecule has 1 amide bonds. The number of sulfonamides is 1. The summed E-state index contributed by atoms with van der Waals surface area (Å²) in [5.41, 5.74) is 0. The van der Waals surface area contributed by atoms with Crippen LogP contribution in [0.1, 0.15) is 57.8 Å². The van der Waals surface area contributed by atoms with Crippen LogP contribution in [-0.2, 0) is 19.6 Å². The monoisotopic (exact) mass is 559 g/mol. The molecule has 1 aromatic rings. The third-order valence-corrected chi connectivity index (χ3v) is 10.8. The molecule has 1 unspecified atom stereocenters. The average Bonchev–Trinajstić information content (AvgIpc) is 2.88. The number of ether oxygens (including phenoxy) is 1. The van der Waals surface area contributed by atoms with Gasteiger partial charge in [0.2, 0.25) is 15.9 Å². The van der Waals surface area contributed by atoms with E-state index in [1.54, 1.807) is 6.07 Å². The quantitative estimate of drug-likeness (QED) is 0.439. The van der Waals surface area contributed by atoms with E-state index in [9.17, 15) is 13.2 Å². The summed E-state index contributed by atoms with van der Waals surface area (Å²) in [7, 11) is -3.87. The van der Waals surface area contributed by atoms with E-state index in [-0.39, 0.29) is 40.1 Å². The number of hydrogen-bond acceptors (Lipinski definition) is 5. The fourth-order valence-corrected chi connectivity index (χ4v) is 8.47. The molecule has 0 aromatic heterocycles. The molecular formula is C26H39Cl2N3O4S. The third kappa shape index (κ3) is 7.14. The summed E-state index contributed by atoms with van der Waals surface area (Å²) in [5.74, 6) is 0.679. The van der Waals surface area contributed by atoms with Crippen LogP contribution in [0.5, 0.6) is 0 Å². The number of piperidine rings is 3. The first-order valence-corrected chi connectivity index (χ1v) is 15.6. The Morgan fingerprint density at radius 3 is 2.28 bits per heavy atom. The standard InChI is InChI=1S/C26H39Cl2N3O4S/c27-23-8-6-9-24(28)26(23)36(33,34)31-15-5-2-7-22(31)19-35-20-25(32)30-17-11-21(12-18-30)10-16-29-13-3-1-4-14-29/h6,8-9,21-22H,1-5,7,10-20H2. The fraction of sp³-hybridized carbons (Fsp3) is 0.731. The molecule has 0 spiro atoms. The van der Waals surface area contributed by atoms with Crippen molar-refractivity contribution >= 4 is 39.1 Å². The predicted octanol–water partition coefficient (Wildman–Crippen LogP) is 4.67. The van der Waals surface area contributed by atoms with E-state index in [1.807, 2.05) is 4.90 Å². The van der Waals surface area contributed by atoms with Crippen molar-refractivity contribution in [3.8, 4) is 0 Å². The van der Waals surface area contributed by atoms with E-state index in [0.717, 1.165) is 38.8 Å². The first-order chi connectivity index (χ1) is 17.4. The van der Waals surface area contributed by atoms with Crippen LogP contribution in [-0.4, -0.2) is 87.0 Å². The molecule has 3 fully saturated rings. The Labute approximate surface area is 226 Å². The maximum atomic E-state index is 13.4. The van der Waals surface area contributed by atoms with Gasteiger partial charge in [-0.25, -0.2) is 8.42 Å². The van der Waals surface area contributed by atoms with Crippen molar-refractivity contribution in [2.75, 3.05) is 52.5 Å². The van der Waals surface area contributed by atoms with Gasteiger partial charge in [0.05, 0.1) is 16.7 Å². The number of carbonyl (C=O) groups excluding carboxylic acids is 1. The number of nitrogens with zero attached hydrogens (tertiary/aromatic N) is 3. The first-order valence-electron chi connectivity index (χ1n) is 13.4. The molecular weight excluding hydrogens is 521 g/mol. The average molecular weight is 561 g/mol. The van der Waals surface area contributed by atoms with E-state index >= 15 is 0 Å². The Balaban J connectivity index is 1.23. The van der Waals surface area contributed by atoms with Crippen LogP contribution in [0.2, 0.25) is 10.0 Å². The molecule has 0 saturated carbocycles. The Hall–Kier alpha value is -0.900. The minimum atomic E-state index is -3.87. The molecule has 1 atom stereocenters. The summed E-state index contributed by atoms with van der Waals surface area (Å²) in [4.78, 5) is 17.2. The minimum Gasteiger partial charge on any atom is -0.370 e. The highest BCUT2D eigenvalue weighted by Gasteiger charge is 2.36. The second-order valence-electron chi connectivity index (χ2n) is 10.3. The molecule has 3 saturated heterocycles. The third-order valence-electron chi connectivity index (χ3n) is 7.86. The summed E-state index contributed by atoms with van der Waals surface area (Å²) >= 11 is 12.4. The smallest absolute Gasteiger partial charge is 0.248 e. The summed E-state index contributed by atoms with van der Waals surface area (Å²) < 4.78 is 34.0. The van der Waals surface area contributed by atoms with Gasteiger partial charge in [0.15, 0.2) is 0 Å². The van der Waals surface area contributed by atoms with Gasteiger partial charge in [-0.05, 0) is 82.6 Å². The number of amides is 1. The van der Waals surface area contributed by atoms with Crippen LogP contribution in [0.15, 0.2) is 23.1 Å². The summed E-state index contributed by atoms with van der Waals surface area (Å²) in [5, 5.41) is 0.226. The van der Waals surface area contributed by atoms with E-state index in [2.05, 4.69) is 4.90 Å². The van der Waals surface area contributed by atoms with Gasteiger partial charge >= 0.3 is 0 Å². The van der Waals surface area contributed by atoms with E-state index in [1.165, 1.54) is 61.8 Å². The Bertz CT molecular complexity index is 959. The Morgan fingerprint density at radius 1 is 0.917 bits per heavy atom. The minimum absolute atomic E-state index is 0.0103. The number of carbonyl (C=O) groups is 1. The highest BCUT2D eigenvalue weighted by atomic mass is 35.5. The highest BCUT2D eigenvalue weighted by molar-refractivity contribution is 7.89. The molecule has 3 aliphatic heterocycles. The van der Waals surface area contributed by atoms with Gasteiger partial charge in [-0.1, -0.05) is 42.1 Å². The van der Waals surface area contributed by atoms with Crippen LogP contribution in [0.4, 0.5) is 0 Å². The van der Waals surface area contributed by atoms with Gasteiger partial charge in [0.25, 0.3) is 0 Å². The van der Waals surface area contributed by atoms with Gasteiger partial charge in [-0.2, -0.15) is 4.31 Å². The number of hydrogen-bond donors (Lipinski definition) is 0. The second kappa shape index (κ2) is 13.3. The molecule has 0 radical (unpaired) electrons. The largest absolute Gasteiger partial charge is 0.370 e. The van der Waals surface area contributed by atoms with E-state index in [0.29, 0.717) is 18.9 Å². The molecule has 36 heavy (non-hydrogen) atoms. The molecule has 0 N–H and O–H groups in total. The SMILES string of the molecule is O=C(COCC1CCCCN1S(=O)(=O)c1c(Cl)cccc1Cl)N1CCC(CCN2CCCCC2)CC1. The number of likely N-dealkylation sites (tertiary alicyclic amines) is 2. The van der Waals surface area contributed by atoms with E-state index in [4.69, 9.17) is 27.9 Å². The predicted molar refractivity (Wildman–Crippen MR) is 143 cm³/mol. The van der Waals surface area contributed by atoms with Crippen molar-refractivity contribution < 1.29 is 17.9 Å². The maximum Gasteiger partial charge on any atom is 0.248 e. The van der Waals surface area contributed by atoms with Crippen molar-refractivity contribution in [1.82, 2.24) is 14.1 Å². The Kier molecular flexibility index (Phi) is 10.3. The van der Waals surface area contributed by atoms with Gasteiger partial charge in [0.1, 0.15) is 11.5 Å². The van der Waals surface area contributed by atoms with Crippen LogP contribution in [0.3, 0.4) is 0 Å². The number of benzene rings is 1. The van der Waals surface area contributed by atoms with Gasteiger partial charge in [-0.3, -0.25) is 4.79 Å². The van der Waals surface area contributed by atoms with Crippen LogP contribution < -0.4 is 0 Å². The zero-order chi connectivity index (χ0) is 25.5. The fourth-order valence-electron chi connectivity index (χ4n) is 5.70. The molecule has 10 heteroatoms. The molecule has 0 bridgehead atoms. The first kappa shape index (κ1) is 28.1. The molecule has 0 aliphatic carbocycles. The van der Waals surface area contributed by atoms with Crippen LogP contribution in [0.25, 0.3) is 0 Å². The van der Waals surface area contributed by atoms with Gasteiger partial charge in [-0.15, -0.1) is 0 Å². The number of rotatable bonds is 9. The number of halogens is 2. The van der Waals surface area contributed by atoms with Gasteiger partial charge in [0, 0.05) is 25.7 Å². The lowest BCUT2D eigenvalue weighted by atomic mass is 9.93. The van der Waals surface area contributed by atoms with Crippen LogP contribution >= 0.6 is 23.2 Å².